The molecule has 2 aromatic carbocycles. The lowest BCUT2D eigenvalue weighted by Gasteiger charge is -1.94. The van der Waals surface area contributed by atoms with Gasteiger partial charge in [0.1, 0.15) is 0 Å². The van der Waals surface area contributed by atoms with Gasteiger partial charge in [-0.3, -0.25) is 4.79 Å². The molecule has 2 rings (SSSR count). The van der Waals surface area contributed by atoms with E-state index in [1.54, 1.807) is 0 Å². The van der Waals surface area contributed by atoms with Crippen LogP contribution in [0.4, 0.5) is 8.78 Å². The molecule has 2 aromatic rings. The molecule has 0 atom stereocenters. The van der Waals surface area contributed by atoms with Crippen LogP contribution in [0.25, 0.3) is 6.08 Å². The molecule has 0 aliphatic rings. The largest absolute Gasteiger partial charge is 0.276 e. The SMILES string of the molecule is Cc1ccccc1.O=C(Cl)C=Cc1ccc(F)c(F)c1. The van der Waals surface area contributed by atoms with Crippen LogP contribution in [0.5, 0.6) is 0 Å². The van der Waals surface area contributed by atoms with Crippen molar-refractivity contribution in [3.63, 3.8) is 0 Å². The first-order chi connectivity index (χ1) is 9.49. The van der Waals surface area contributed by atoms with Crippen molar-refractivity contribution in [3.05, 3.63) is 77.4 Å². The maximum absolute atomic E-state index is 12.6. The van der Waals surface area contributed by atoms with Crippen molar-refractivity contribution in [2.24, 2.45) is 0 Å². The van der Waals surface area contributed by atoms with Gasteiger partial charge in [-0.15, -0.1) is 0 Å². The van der Waals surface area contributed by atoms with Crippen LogP contribution in [0.3, 0.4) is 0 Å². The van der Waals surface area contributed by atoms with Crippen LogP contribution in [0.15, 0.2) is 54.6 Å². The molecule has 4 heteroatoms. The van der Waals surface area contributed by atoms with E-state index in [4.69, 9.17) is 11.6 Å². The highest BCUT2D eigenvalue weighted by atomic mass is 35.5. The average molecular weight is 295 g/mol. The van der Waals surface area contributed by atoms with Crippen molar-refractivity contribution in [2.45, 2.75) is 6.92 Å². The molecule has 0 spiro atoms. The van der Waals surface area contributed by atoms with Gasteiger partial charge < -0.3 is 0 Å². The van der Waals surface area contributed by atoms with Gasteiger partial charge >= 0.3 is 0 Å². The van der Waals surface area contributed by atoms with Gasteiger partial charge in [-0.05, 0) is 42.3 Å². The van der Waals surface area contributed by atoms with Crippen LogP contribution in [0.2, 0.25) is 0 Å². The van der Waals surface area contributed by atoms with Gasteiger partial charge in [-0.25, -0.2) is 8.78 Å². The maximum atomic E-state index is 12.6. The molecular formula is C16H13ClF2O. The number of benzene rings is 2. The first kappa shape index (κ1) is 16.1. The van der Waals surface area contributed by atoms with Crippen LogP contribution in [0, 0.1) is 18.6 Å². The second-order valence-electron chi connectivity index (χ2n) is 3.97. The molecule has 0 fully saturated rings. The van der Waals surface area contributed by atoms with E-state index in [2.05, 4.69) is 19.1 Å². The summed E-state index contributed by atoms with van der Waals surface area (Å²) in [4.78, 5) is 10.3. The molecule has 0 heterocycles. The van der Waals surface area contributed by atoms with E-state index in [1.807, 2.05) is 18.2 Å². The minimum Gasteiger partial charge on any atom is -0.276 e. The van der Waals surface area contributed by atoms with Gasteiger partial charge in [0.25, 0.3) is 0 Å². The number of carbonyl (C=O) groups is 1. The fourth-order valence-corrected chi connectivity index (χ4v) is 1.38. The Morgan fingerprint density at radius 3 is 2.15 bits per heavy atom. The van der Waals surface area contributed by atoms with Gasteiger partial charge in [0.05, 0.1) is 0 Å². The number of allylic oxidation sites excluding steroid dienone is 1. The summed E-state index contributed by atoms with van der Waals surface area (Å²) in [6.07, 6.45) is 2.37. The number of hydrogen-bond donors (Lipinski definition) is 0. The standard InChI is InChI=1S/C9H5ClF2O.C7H8/c10-9(13)4-2-6-1-3-7(11)8(12)5-6;1-7-5-3-2-4-6-7/h1-5H;2-6H,1H3. The molecule has 0 aliphatic carbocycles. The molecule has 0 radical (unpaired) electrons. The number of halogens is 3. The van der Waals surface area contributed by atoms with E-state index >= 15 is 0 Å². The monoisotopic (exact) mass is 294 g/mol. The predicted molar refractivity (Wildman–Crippen MR) is 77.4 cm³/mol. The molecule has 20 heavy (non-hydrogen) atoms. The second-order valence-corrected chi connectivity index (χ2v) is 4.34. The van der Waals surface area contributed by atoms with Gasteiger partial charge in [-0.1, -0.05) is 48.0 Å². The van der Waals surface area contributed by atoms with E-state index < -0.39 is 16.9 Å². The van der Waals surface area contributed by atoms with Crippen LogP contribution in [-0.4, -0.2) is 5.24 Å². The molecule has 0 saturated carbocycles. The Kier molecular flexibility index (Phi) is 6.60. The topological polar surface area (TPSA) is 17.1 Å². The second kappa shape index (κ2) is 8.23. The van der Waals surface area contributed by atoms with Crippen molar-refractivity contribution in [3.8, 4) is 0 Å². The Morgan fingerprint density at radius 2 is 1.70 bits per heavy atom. The van der Waals surface area contributed by atoms with Crippen LogP contribution in [0.1, 0.15) is 11.1 Å². The summed E-state index contributed by atoms with van der Waals surface area (Å²) in [7, 11) is 0. The highest BCUT2D eigenvalue weighted by Gasteiger charge is 1.99. The Bertz CT molecular complexity index is 595. The van der Waals surface area contributed by atoms with Gasteiger partial charge in [0.2, 0.25) is 5.24 Å². The average Bonchev–Trinajstić information content (AvgIpc) is 2.42. The van der Waals surface area contributed by atoms with Crippen LogP contribution >= 0.6 is 11.6 Å². The molecule has 104 valence electrons. The third-order valence-corrected chi connectivity index (χ3v) is 2.42. The molecule has 0 unspecified atom stereocenters. The summed E-state index contributed by atoms with van der Waals surface area (Å²) >= 11 is 5.01. The molecule has 0 amide bonds. The molecule has 0 bridgehead atoms. The van der Waals surface area contributed by atoms with Crippen molar-refractivity contribution >= 4 is 22.9 Å². The van der Waals surface area contributed by atoms with E-state index in [9.17, 15) is 13.6 Å². The van der Waals surface area contributed by atoms with Gasteiger partial charge in [0.15, 0.2) is 11.6 Å². The van der Waals surface area contributed by atoms with Crippen LogP contribution in [-0.2, 0) is 4.79 Å². The summed E-state index contributed by atoms with van der Waals surface area (Å²) in [5.41, 5.74) is 1.70. The molecule has 0 aliphatic heterocycles. The predicted octanol–water partition coefficient (Wildman–Crippen LogP) is 4.74. The molecule has 1 nitrogen and oxygen atoms in total. The zero-order valence-corrected chi connectivity index (χ0v) is 11.6. The quantitative estimate of drug-likeness (QED) is 0.577. The van der Waals surface area contributed by atoms with Crippen molar-refractivity contribution in [1.82, 2.24) is 0 Å². The normalized spacial score (nSPS) is 10.0. The summed E-state index contributed by atoms with van der Waals surface area (Å²) in [6, 6.07) is 13.6. The maximum Gasteiger partial charge on any atom is 0.245 e. The fourth-order valence-electron chi connectivity index (χ4n) is 1.31. The van der Waals surface area contributed by atoms with E-state index in [-0.39, 0.29) is 0 Å². The van der Waals surface area contributed by atoms with E-state index in [1.165, 1.54) is 17.7 Å². The number of rotatable bonds is 2. The minimum absolute atomic E-state index is 0.382. The molecule has 0 saturated heterocycles. The zero-order chi connectivity index (χ0) is 15.0. The van der Waals surface area contributed by atoms with Crippen molar-refractivity contribution in [1.29, 1.82) is 0 Å². The summed E-state index contributed by atoms with van der Waals surface area (Å²) < 4.78 is 25.0. The highest BCUT2D eigenvalue weighted by molar-refractivity contribution is 6.66. The first-order valence-electron chi connectivity index (χ1n) is 5.83. The van der Waals surface area contributed by atoms with Crippen LogP contribution < -0.4 is 0 Å². The fraction of sp³-hybridized carbons (Fsp3) is 0.0625. The first-order valence-corrected chi connectivity index (χ1v) is 6.21. The molecular weight excluding hydrogens is 282 g/mol. The Hall–Kier alpha value is -2.00. The third kappa shape index (κ3) is 6.25. The number of aryl methyl sites for hydroxylation is 1. The van der Waals surface area contributed by atoms with Gasteiger partial charge in [0, 0.05) is 0 Å². The Balaban J connectivity index is 0.000000240. The minimum atomic E-state index is -0.954. The van der Waals surface area contributed by atoms with Crippen molar-refractivity contribution in [2.75, 3.05) is 0 Å². The number of carbonyl (C=O) groups excluding carboxylic acids is 1. The molecule has 0 aromatic heterocycles. The summed E-state index contributed by atoms with van der Waals surface area (Å²) in [6.45, 7) is 2.08. The van der Waals surface area contributed by atoms with Gasteiger partial charge in [-0.2, -0.15) is 0 Å². The smallest absolute Gasteiger partial charge is 0.245 e. The molecule has 0 N–H and O–H groups in total. The zero-order valence-electron chi connectivity index (χ0n) is 10.8. The van der Waals surface area contributed by atoms with E-state index in [0.717, 1.165) is 18.2 Å². The van der Waals surface area contributed by atoms with Crippen molar-refractivity contribution < 1.29 is 13.6 Å². The van der Waals surface area contributed by atoms with E-state index in [0.29, 0.717) is 5.56 Å². The lowest BCUT2D eigenvalue weighted by atomic mass is 10.2. The number of hydrogen-bond acceptors (Lipinski definition) is 1. The Morgan fingerprint density at radius 1 is 1.05 bits per heavy atom. The highest BCUT2D eigenvalue weighted by Crippen LogP contribution is 2.10. The summed E-state index contributed by atoms with van der Waals surface area (Å²) in [5, 5.41) is -0.662. The summed E-state index contributed by atoms with van der Waals surface area (Å²) in [5.74, 6) is -1.88. The Labute approximate surface area is 121 Å². The lowest BCUT2D eigenvalue weighted by molar-refractivity contribution is -0.107. The third-order valence-electron chi connectivity index (χ3n) is 2.29. The lowest BCUT2D eigenvalue weighted by Crippen LogP contribution is -1.84.